The Morgan fingerprint density at radius 3 is 2.12 bits per heavy atom. The summed E-state index contributed by atoms with van der Waals surface area (Å²) in [6.45, 7) is 16.5. The second kappa shape index (κ2) is 14.3. The van der Waals surface area contributed by atoms with E-state index in [0.29, 0.717) is 23.6 Å². The van der Waals surface area contributed by atoms with E-state index in [1.807, 2.05) is 70.2 Å². The molecule has 0 bridgehead atoms. The van der Waals surface area contributed by atoms with Gasteiger partial charge in [0.1, 0.15) is 17.7 Å². The zero-order valence-electron chi connectivity index (χ0n) is 25.5. The van der Waals surface area contributed by atoms with Gasteiger partial charge in [-0.3, -0.25) is 9.59 Å². The van der Waals surface area contributed by atoms with Crippen LogP contribution in [-0.2, 0) is 14.3 Å². The topological polar surface area (TPSA) is 108 Å². The summed E-state index contributed by atoms with van der Waals surface area (Å²) in [4.78, 5) is 42.4. The molecule has 0 saturated carbocycles. The first kappa shape index (κ1) is 32.8. The fourth-order valence-electron chi connectivity index (χ4n) is 4.42. The molecule has 0 aromatic heterocycles. The van der Waals surface area contributed by atoms with E-state index in [9.17, 15) is 19.5 Å². The van der Waals surface area contributed by atoms with Crippen molar-refractivity contribution in [1.82, 2.24) is 10.2 Å². The predicted molar refractivity (Wildman–Crippen MR) is 159 cm³/mol. The van der Waals surface area contributed by atoms with E-state index in [4.69, 9.17) is 4.74 Å². The molecule has 2 aromatic rings. The monoisotopic (exact) mass is 553 g/mol. The van der Waals surface area contributed by atoms with Crippen LogP contribution in [0, 0.1) is 26.7 Å². The molecule has 3 amide bonds. The van der Waals surface area contributed by atoms with Gasteiger partial charge in [0.15, 0.2) is 0 Å². The lowest BCUT2D eigenvalue weighted by atomic mass is 9.95. The summed E-state index contributed by atoms with van der Waals surface area (Å²) < 4.78 is 5.34. The molecule has 0 heterocycles. The van der Waals surface area contributed by atoms with Gasteiger partial charge in [-0.1, -0.05) is 50.2 Å². The number of alkyl carbamates (subject to hydrolysis) is 1. The molecular formula is C32H47N3O5. The molecule has 220 valence electrons. The van der Waals surface area contributed by atoms with Crippen molar-refractivity contribution in [3.8, 4) is 0 Å². The normalized spacial score (nSPS) is 13.8. The van der Waals surface area contributed by atoms with Crippen molar-refractivity contribution in [3.63, 3.8) is 0 Å². The molecule has 2 rings (SSSR count). The molecule has 0 aliphatic carbocycles. The maximum Gasteiger partial charge on any atom is 0.408 e. The van der Waals surface area contributed by atoms with Gasteiger partial charge in [0.05, 0.1) is 6.61 Å². The van der Waals surface area contributed by atoms with Crippen LogP contribution in [0.25, 0.3) is 0 Å². The minimum Gasteiger partial charge on any atom is -0.444 e. The third-order valence-electron chi connectivity index (χ3n) is 6.84. The molecule has 0 spiro atoms. The zero-order valence-corrected chi connectivity index (χ0v) is 25.5. The predicted octanol–water partition coefficient (Wildman–Crippen LogP) is 5.83. The molecule has 3 unspecified atom stereocenters. The fraction of sp³-hybridized carbons (Fsp3) is 0.531. The highest BCUT2D eigenvalue weighted by atomic mass is 16.6. The molecule has 8 heteroatoms. The Morgan fingerprint density at radius 2 is 1.57 bits per heavy atom. The van der Waals surface area contributed by atoms with Crippen LogP contribution in [0.5, 0.6) is 0 Å². The van der Waals surface area contributed by atoms with Crippen LogP contribution >= 0.6 is 0 Å². The van der Waals surface area contributed by atoms with E-state index in [-0.39, 0.29) is 11.9 Å². The average molecular weight is 554 g/mol. The lowest BCUT2D eigenvalue weighted by Gasteiger charge is -2.38. The highest BCUT2D eigenvalue weighted by Crippen LogP contribution is 2.30. The van der Waals surface area contributed by atoms with Crippen molar-refractivity contribution in [2.75, 3.05) is 11.9 Å². The molecular weight excluding hydrogens is 506 g/mol. The first-order chi connectivity index (χ1) is 18.6. The number of rotatable bonds is 11. The summed E-state index contributed by atoms with van der Waals surface area (Å²) in [5.41, 5.74) is 3.45. The number of hydrogen-bond donors (Lipinski definition) is 3. The molecule has 3 atom stereocenters. The Morgan fingerprint density at radius 1 is 0.925 bits per heavy atom. The van der Waals surface area contributed by atoms with E-state index < -0.39 is 36.3 Å². The number of aliphatic hydroxyl groups is 1. The minimum atomic E-state index is -1.29. The summed E-state index contributed by atoms with van der Waals surface area (Å²) in [6.07, 6.45) is 0.641. The Bertz CT molecular complexity index is 1170. The van der Waals surface area contributed by atoms with Crippen LogP contribution < -0.4 is 10.6 Å². The van der Waals surface area contributed by atoms with Crippen molar-refractivity contribution >= 4 is 23.6 Å². The molecule has 3 N–H and O–H groups in total. The van der Waals surface area contributed by atoms with E-state index in [1.54, 1.807) is 20.8 Å². The van der Waals surface area contributed by atoms with Gasteiger partial charge in [-0.2, -0.15) is 0 Å². The standard InChI is InChI=1S/C32H47N3O5/c1-20(2)14-16-24(6)35(30(38)27(19-36)34-31(39)40-32(7,8)9)28(25-17-15-21(3)23(5)18-25)29(37)33-26-13-11-10-12-22(26)4/h10-13,15,17-18,20,24,27-28,36H,14,16,19H2,1-9H3,(H,33,37)(H,34,39). The van der Waals surface area contributed by atoms with Crippen molar-refractivity contribution in [2.24, 2.45) is 5.92 Å². The largest absolute Gasteiger partial charge is 0.444 e. The maximum absolute atomic E-state index is 14.2. The number of carbonyl (C=O) groups excluding carboxylic acids is 3. The van der Waals surface area contributed by atoms with Gasteiger partial charge in [-0.05, 0) is 95.5 Å². The first-order valence-corrected chi connectivity index (χ1v) is 14.0. The lowest BCUT2D eigenvalue weighted by Crippen LogP contribution is -2.56. The summed E-state index contributed by atoms with van der Waals surface area (Å²) in [6, 6.07) is 10.5. The third kappa shape index (κ3) is 9.37. The van der Waals surface area contributed by atoms with E-state index in [2.05, 4.69) is 24.5 Å². The second-order valence-corrected chi connectivity index (χ2v) is 12.0. The van der Waals surface area contributed by atoms with Gasteiger partial charge in [0.25, 0.3) is 5.91 Å². The van der Waals surface area contributed by atoms with E-state index in [0.717, 1.165) is 23.1 Å². The summed E-state index contributed by atoms with van der Waals surface area (Å²) in [5.74, 6) is -0.558. The van der Waals surface area contributed by atoms with Gasteiger partial charge < -0.3 is 25.4 Å². The first-order valence-electron chi connectivity index (χ1n) is 14.0. The fourth-order valence-corrected chi connectivity index (χ4v) is 4.42. The number of nitrogens with one attached hydrogen (secondary N) is 2. The number of benzene rings is 2. The molecule has 0 saturated heterocycles. The van der Waals surface area contributed by atoms with Gasteiger partial charge in [0.2, 0.25) is 5.91 Å². The average Bonchev–Trinajstić information content (AvgIpc) is 2.86. The van der Waals surface area contributed by atoms with Crippen LogP contribution in [0.4, 0.5) is 10.5 Å². The number of nitrogens with zero attached hydrogens (tertiary/aromatic N) is 1. The highest BCUT2D eigenvalue weighted by Gasteiger charge is 2.39. The minimum absolute atomic E-state index is 0.376. The van der Waals surface area contributed by atoms with Crippen molar-refractivity contribution in [1.29, 1.82) is 0 Å². The second-order valence-electron chi connectivity index (χ2n) is 12.0. The molecule has 0 radical (unpaired) electrons. The number of aryl methyl sites for hydroxylation is 3. The van der Waals surface area contributed by atoms with Crippen LogP contribution in [0.15, 0.2) is 42.5 Å². The molecule has 40 heavy (non-hydrogen) atoms. The summed E-state index contributed by atoms with van der Waals surface area (Å²) in [5, 5.41) is 15.8. The van der Waals surface area contributed by atoms with E-state index in [1.165, 1.54) is 4.90 Å². The highest BCUT2D eigenvalue weighted by molar-refractivity contribution is 5.99. The Kier molecular flexibility index (Phi) is 11.7. The molecule has 2 aromatic carbocycles. The number of anilines is 1. The summed E-state index contributed by atoms with van der Waals surface area (Å²) in [7, 11) is 0. The number of carbonyl (C=O) groups is 3. The Hall–Kier alpha value is -3.39. The molecule has 0 fully saturated rings. The third-order valence-corrected chi connectivity index (χ3v) is 6.84. The van der Waals surface area contributed by atoms with Crippen molar-refractivity contribution < 1.29 is 24.2 Å². The van der Waals surface area contributed by atoms with E-state index >= 15 is 0 Å². The van der Waals surface area contributed by atoms with Crippen molar-refractivity contribution in [2.45, 2.75) is 98.9 Å². The quantitative estimate of drug-likeness (QED) is 0.324. The lowest BCUT2D eigenvalue weighted by molar-refractivity contribution is -0.144. The number of aliphatic hydroxyl groups excluding tert-OH is 1. The smallest absolute Gasteiger partial charge is 0.408 e. The van der Waals surface area contributed by atoms with Crippen LogP contribution in [0.2, 0.25) is 0 Å². The summed E-state index contributed by atoms with van der Waals surface area (Å²) >= 11 is 0. The van der Waals surface area contributed by atoms with Crippen LogP contribution in [0.3, 0.4) is 0 Å². The van der Waals surface area contributed by atoms with Crippen LogP contribution in [-0.4, -0.2) is 52.2 Å². The number of amides is 3. The number of hydrogen-bond acceptors (Lipinski definition) is 5. The van der Waals surface area contributed by atoms with Gasteiger partial charge >= 0.3 is 6.09 Å². The van der Waals surface area contributed by atoms with Gasteiger partial charge in [-0.15, -0.1) is 0 Å². The number of para-hydroxylation sites is 1. The molecule has 0 aliphatic heterocycles. The maximum atomic E-state index is 14.2. The van der Waals surface area contributed by atoms with Crippen LogP contribution in [0.1, 0.15) is 82.7 Å². The van der Waals surface area contributed by atoms with Gasteiger partial charge in [0, 0.05) is 11.7 Å². The Labute approximate surface area is 239 Å². The number of ether oxygens (including phenoxy) is 1. The van der Waals surface area contributed by atoms with Gasteiger partial charge in [-0.25, -0.2) is 4.79 Å². The Balaban J connectivity index is 2.61. The SMILES string of the molecule is Cc1ccc(C(C(=O)Nc2ccccc2C)N(C(=O)C(CO)NC(=O)OC(C)(C)C)C(C)CCC(C)C)cc1C. The van der Waals surface area contributed by atoms with Crippen molar-refractivity contribution in [3.05, 3.63) is 64.7 Å². The zero-order chi connectivity index (χ0) is 30.2. The molecule has 8 nitrogen and oxygen atoms in total. The molecule has 0 aliphatic rings.